The average molecular weight is 307 g/mol. The second kappa shape index (κ2) is 7.63. The van der Waals surface area contributed by atoms with Crippen molar-refractivity contribution in [2.45, 2.75) is 38.6 Å². The molecule has 0 radical (unpaired) electrons. The van der Waals surface area contributed by atoms with Crippen LogP contribution in [0.4, 0.5) is 4.79 Å². The molecule has 120 valence electrons. The predicted molar refractivity (Wildman–Crippen MR) is 79.2 cm³/mol. The number of carbonyl (C=O) groups excluding carboxylic acids is 3. The zero-order valence-electron chi connectivity index (χ0n) is 12.6. The van der Waals surface area contributed by atoms with Gasteiger partial charge in [0.15, 0.2) is 6.61 Å². The molecule has 0 unspecified atom stereocenters. The van der Waals surface area contributed by atoms with Gasteiger partial charge >= 0.3 is 12.0 Å². The second-order valence-corrected chi connectivity index (χ2v) is 5.55. The molecule has 3 amide bonds. The fraction of sp³-hybridized carbons (Fsp3) is 0.533. The molecule has 1 aromatic rings. The summed E-state index contributed by atoms with van der Waals surface area (Å²) in [6.45, 7) is 1.59. The first-order valence-electron chi connectivity index (χ1n) is 7.47. The molecular weight excluding hydrogens is 286 g/mol. The number of aromatic nitrogens is 1. The highest BCUT2D eigenvalue weighted by atomic mass is 16.5. The van der Waals surface area contributed by atoms with Gasteiger partial charge in [-0.05, 0) is 30.9 Å². The van der Waals surface area contributed by atoms with E-state index < -0.39 is 24.5 Å². The number of esters is 1. The lowest BCUT2D eigenvalue weighted by molar-refractivity contribution is -0.123. The Kier molecular flexibility index (Phi) is 5.57. The van der Waals surface area contributed by atoms with Crippen LogP contribution in [0.2, 0.25) is 0 Å². The lowest BCUT2D eigenvalue weighted by Gasteiger charge is -2.29. The third kappa shape index (κ3) is 4.61. The molecular formula is C15H21N3O4. The second-order valence-electron chi connectivity index (χ2n) is 5.55. The van der Waals surface area contributed by atoms with Crippen molar-refractivity contribution in [2.24, 2.45) is 5.92 Å². The van der Waals surface area contributed by atoms with Crippen LogP contribution in [0.25, 0.3) is 0 Å². The van der Waals surface area contributed by atoms with Crippen LogP contribution in [-0.4, -0.2) is 35.5 Å². The van der Waals surface area contributed by atoms with Crippen LogP contribution in [0.15, 0.2) is 18.3 Å². The molecule has 1 saturated carbocycles. The number of rotatable bonds is 4. The van der Waals surface area contributed by atoms with Gasteiger partial charge in [0, 0.05) is 12.2 Å². The quantitative estimate of drug-likeness (QED) is 0.735. The van der Waals surface area contributed by atoms with Gasteiger partial charge in [0.2, 0.25) is 0 Å². The Bertz CT molecular complexity index is 527. The van der Waals surface area contributed by atoms with Crippen LogP contribution in [0, 0.1) is 5.92 Å². The lowest BCUT2D eigenvalue weighted by Crippen LogP contribution is -2.48. The van der Waals surface area contributed by atoms with E-state index in [9.17, 15) is 14.4 Å². The summed E-state index contributed by atoms with van der Waals surface area (Å²) >= 11 is 0. The Morgan fingerprint density at radius 1 is 1.32 bits per heavy atom. The summed E-state index contributed by atoms with van der Waals surface area (Å²) in [6.07, 6.45) is 5.83. The molecule has 0 bridgehead atoms. The number of ether oxygens (including phenoxy) is 1. The van der Waals surface area contributed by atoms with Crippen molar-refractivity contribution >= 4 is 17.9 Å². The van der Waals surface area contributed by atoms with Crippen molar-refractivity contribution < 1.29 is 19.1 Å². The Morgan fingerprint density at radius 3 is 2.77 bits per heavy atom. The minimum Gasteiger partial charge on any atom is -0.451 e. The van der Waals surface area contributed by atoms with Gasteiger partial charge in [0.1, 0.15) is 5.69 Å². The lowest BCUT2D eigenvalue weighted by atomic mass is 9.86. The summed E-state index contributed by atoms with van der Waals surface area (Å²) in [5.41, 5.74) is 0.258. The van der Waals surface area contributed by atoms with E-state index in [1.807, 2.05) is 0 Å². The van der Waals surface area contributed by atoms with Crippen LogP contribution < -0.4 is 10.6 Å². The zero-order chi connectivity index (χ0) is 15.9. The summed E-state index contributed by atoms with van der Waals surface area (Å²) in [5.74, 6) is -0.886. The molecule has 7 nitrogen and oxygen atoms in total. The van der Waals surface area contributed by atoms with Crippen molar-refractivity contribution in [1.82, 2.24) is 15.6 Å². The van der Waals surface area contributed by atoms with Crippen molar-refractivity contribution in [1.29, 1.82) is 0 Å². The zero-order valence-corrected chi connectivity index (χ0v) is 12.6. The molecule has 0 aliphatic heterocycles. The van der Waals surface area contributed by atoms with Gasteiger partial charge in [-0.15, -0.1) is 0 Å². The van der Waals surface area contributed by atoms with Gasteiger partial charge in [0.25, 0.3) is 5.91 Å². The van der Waals surface area contributed by atoms with E-state index in [1.54, 1.807) is 12.3 Å². The standard InChI is InChI=1S/C15H21N3O4/c1-10-5-2-3-6-11(10)17-15(21)18-13(19)9-22-14(20)12-7-4-8-16-12/h4,7-8,10-11,16H,2-3,5-6,9H2,1H3,(H2,17,18,19,21)/t10-,11+/m1/s1. The van der Waals surface area contributed by atoms with Crippen molar-refractivity contribution in [3.8, 4) is 0 Å². The smallest absolute Gasteiger partial charge is 0.355 e. The van der Waals surface area contributed by atoms with Gasteiger partial charge in [-0.3, -0.25) is 10.1 Å². The molecule has 1 heterocycles. The van der Waals surface area contributed by atoms with Gasteiger partial charge in [-0.1, -0.05) is 19.8 Å². The third-order valence-electron chi connectivity index (χ3n) is 3.83. The summed E-state index contributed by atoms with van der Waals surface area (Å²) in [5, 5.41) is 4.97. The number of urea groups is 1. The van der Waals surface area contributed by atoms with Crippen LogP contribution >= 0.6 is 0 Å². The van der Waals surface area contributed by atoms with E-state index in [-0.39, 0.29) is 11.7 Å². The van der Waals surface area contributed by atoms with Crippen LogP contribution in [0.5, 0.6) is 0 Å². The van der Waals surface area contributed by atoms with E-state index >= 15 is 0 Å². The Labute approximate surface area is 128 Å². The number of nitrogens with one attached hydrogen (secondary N) is 3. The maximum atomic E-state index is 11.8. The largest absolute Gasteiger partial charge is 0.451 e. The van der Waals surface area contributed by atoms with Crippen LogP contribution in [0.3, 0.4) is 0 Å². The average Bonchev–Trinajstić information content (AvgIpc) is 3.01. The molecule has 2 atom stereocenters. The number of hydrogen-bond donors (Lipinski definition) is 3. The molecule has 1 aromatic heterocycles. The van der Waals surface area contributed by atoms with Gasteiger partial charge in [0.05, 0.1) is 0 Å². The number of amides is 3. The molecule has 1 aliphatic carbocycles. The molecule has 2 rings (SSSR count). The van der Waals surface area contributed by atoms with E-state index in [0.717, 1.165) is 19.3 Å². The molecule has 7 heteroatoms. The third-order valence-corrected chi connectivity index (χ3v) is 3.83. The Hall–Kier alpha value is -2.31. The van der Waals surface area contributed by atoms with E-state index in [1.165, 1.54) is 12.5 Å². The normalized spacial score (nSPS) is 21.0. The topological polar surface area (TPSA) is 100 Å². The molecule has 1 aliphatic rings. The number of imide groups is 1. The number of hydrogen-bond acceptors (Lipinski definition) is 4. The maximum Gasteiger partial charge on any atom is 0.355 e. The maximum absolute atomic E-state index is 11.8. The summed E-state index contributed by atoms with van der Waals surface area (Å²) in [7, 11) is 0. The first-order chi connectivity index (χ1) is 10.6. The Morgan fingerprint density at radius 2 is 2.09 bits per heavy atom. The van der Waals surface area contributed by atoms with Crippen LogP contribution in [-0.2, 0) is 9.53 Å². The Balaban J connectivity index is 1.70. The van der Waals surface area contributed by atoms with Crippen molar-refractivity contribution in [2.75, 3.05) is 6.61 Å². The molecule has 0 aromatic carbocycles. The van der Waals surface area contributed by atoms with Crippen LogP contribution in [0.1, 0.15) is 43.1 Å². The number of carbonyl (C=O) groups is 3. The van der Waals surface area contributed by atoms with Gasteiger partial charge < -0.3 is 15.0 Å². The fourth-order valence-corrected chi connectivity index (χ4v) is 2.56. The van der Waals surface area contributed by atoms with Gasteiger partial charge in [-0.2, -0.15) is 0 Å². The first-order valence-corrected chi connectivity index (χ1v) is 7.47. The van der Waals surface area contributed by atoms with Crippen molar-refractivity contribution in [3.63, 3.8) is 0 Å². The van der Waals surface area contributed by atoms with Crippen molar-refractivity contribution in [3.05, 3.63) is 24.0 Å². The first kappa shape index (κ1) is 16.1. The predicted octanol–water partition coefficient (Wildman–Crippen LogP) is 1.58. The number of H-pyrrole nitrogens is 1. The highest BCUT2D eigenvalue weighted by Crippen LogP contribution is 2.23. The molecule has 22 heavy (non-hydrogen) atoms. The molecule has 0 spiro atoms. The number of aromatic amines is 1. The summed E-state index contributed by atoms with van der Waals surface area (Å²) in [4.78, 5) is 37.5. The summed E-state index contributed by atoms with van der Waals surface area (Å²) < 4.78 is 4.80. The monoisotopic (exact) mass is 307 g/mol. The highest BCUT2D eigenvalue weighted by Gasteiger charge is 2.23. The molecule has 1 fully saturated rings. The van der Waals surface area contributed by atoms with E-state index in [2.05, 4.69) is 22.5 Å². The van der Waals surface area contributed by atoms with E-state index in [0.29, 0.717) is 5.92 Å². The minimum atomic E-state index is -0.652. The van der Waals surface area contributed by atoms with E-state index in [4.69, 9.17) is 4.74 Å². The van der Waals surface area contributed by atoms with Gasteiger partial charge in [-0.25, -0.2) is 9.59 Å². The minimum absolute atomic E-state index is 0.0861. The molecule has 3 N–H and O–H groups in total. The fourth-order valence-electron chi connectivity index (χ4n) is 2.56. The SMILES string of the molecule is C[C@@H]1CCCC[C@@H]1NC(=O)NC(=O)COC(=O)c1ccc[nH]1. The highest BCUT2D eigenvalue weighted by molar-refractivity contribution is 5.96. The summed E-state index contributed by atoms with van der Waals surface area (Å²) in [6, 6.07) is 2.73. The molecule has 0 saturated heterocycles.